The van der Waals surface area contributed by atoms with E-state index >= 15 is 0 Å². The highest BCUT2D eigenvalue weighted by molar-refractivity contribution is 6.33. The van der Waals surface area contributed by atoms with Gasteiger partial charge in [-0.15, -0.1) is 0 Å². The van der Waals surface area contributed by atoms with Crippen molar-refractivity contribution in [1.29, 1.82) is 0 Å². The van der Waals surface area contributed by atoms with E-state index in [0.717, 1.165) is 6.07 Å². The number of esters is 1. The van der Waals surface area contributed by atoms with Crippen LogP contribution in [0.5, 0.6) is 5.75 Å². The first kappa shape index (κ1) is 26.7. The van der Waals surface area contributed by atoms with Crippen LogP contribution in [0.3, 0.4) is 0 Å². The number of hydrazone groups is 1. The molecule has 0 radical (unpaired) electrons. The van der Waals surface area contributed by atoms with Crippen LogP contribution in [0.15, 0.2) is 102 Å². The first-order valence-corrected chi connectivity index (χ1v) is 12.3. The van der Waals surface area contributed by atoms with Gasteiger partial charge in [0.25, 0.3) is 5.91 Å². The number of hydrogen-bond donors (Lipinski definition) is 2. The summed E-state index contributed by atoms with van der Waals surface area (Å²) in [5, 5.41) is 4.44. The van der Waals surface area contributed by atoms with E-state index in [0.29, 0.717) is 16.7 Å². The Morgan fingerprint density at radius 2 is 1.57 bits per heavy atom. The van der Waals surface area contributed by atoms with E-state index in [1.54, 1.807) is 72.8 Å². The van der Waals surface area contributed by atoms with Gasteiger partial charge in [-0.3, -0.25) is 4.79 Å². The zero-order valence-electron chi connectivity index (χ0n) is 20.5. The number of fused-ring (bicyclic) bond motifs is 1. The van der Waals surface area contributed by atoms with Crippen molar-refractivity contribution in [2.75, 3.05) is 0 Å². The van der Waals surface area contributed by atoms with Gasteiger partial charge in [0.2, 0.25) is 0 Å². The Balaban J connectivity index is 1.45. The fraction of sp³-hybridized carbons (Fsp3) is 0.0333. The molecule has 1 amide bonds. The standard InChI is InChI=1S/C30H19ClF3N3O3/c31-23-15-6-5-12-20(23)29(39)40-24-16-7-4-11-19(24)17-35-37-28(38)27-25(18-9-2-1-3-10-18)21-13-8-14-22(26(21)36-27)30(32,33)34/h1-17,36H,(H,37,38). The summed E-state index contributed by atoms with van der Waals surface area (Å²) in [6.07, 6.45) is -3.37. The molecule has 0 bridgehead atoms. The van der Waals surface area contributed by atoms with E-state index in [-0.39, 0.29) is 32.9 Å². The zero-order chi connectivity index (χ0) is 28.3. The Kier molecular flexibility index (Phi) is 7.39. The Morgan fingerprint density at radius 3 is 2.33 bits per heavy atom. The summed E-state index contributed by atoms with van der Waals surface area (Å²) in [5.41, 5.74) is 2.57. The van der Waals surface area contributed by atoms with E-state index in [1.807, 2.05) is 0 Å². The fourth-order valence-electron chi connectivity index (χ4n) is 4.21. The summed E-state index contributed by atoms with van der Waals surface area (Å²) in [6, 6.07) is 25.3. The van der Waals surface area contributed by atoms with E-state index in [2.05, 4.69) is 15.5 Å². The van der Waals surface area contributed by atoms with Crippen molar-refractivity contribution in [3.8, 4) is 16.9 Å². The van der Waals surface area contributed by atoms with Crippen LogP contribution in [-0.4, -0.2) is 23.1 Å². The molecule has 0 fully saturated rings. The zero-order valence-corrected chi connectivity index (χ0v) is 21.3. The van der Waals surface area contributed by atoms with Crippen molar-refractivity contribution in [3.63, 3.8) is 0 Å². The van der Waals surface area contributed by atoms with Gasteiger partial charge < -0.3 is 9.72 Å². The highest BCUT2D eigenvalue weighted by atomic mass is 35.5. The molecule has 6 nitrogen and oxygen atoms in total. The first-order chi connectivity index (χ1) is 19.2. The number of ether oxygens (including phenoxy) is 1. The van der Waals surface area contributed by atoms with Crippen molar-refractivity contribution in [3.05, 3.63) is 124 Å². The molecule has 0 aliphatic carbocycles. The van der Waals surface area contributed by atoms with Crippen LogP contribution in [0.25, 0.3) is 22.0 Å². The number of alkyl halides is 3. The Bertz CT molecular complexity index is 1750. The number of aromatic nitrogens is 1. The SMILES string of the molecule is O=C(Oc1ccccc1C=NNC(=O)c1[nH]c2c(C(F)(F)F)cccc2c1-c1ccccc1)c1ccccc1Cl. The number of rotatable bonds is 6. The van der Waals surface area contributed by atoms with Crippen LogP contribution in [0.2, 0.25) is 5.02 Å². The number of nitrogens with zero attached hydrogens (tertiary/aromatic N) is 1. The van der Waals surface area contributed by atoms with Crippen molar-refractivity contribution in [2.45, 2.75) is 6.18 Å². The van der Waals surface area contributed by atoms with Gasteiger partial charge in [-0.05, 0) is 35.9 Å². The second-order valence-corrected chi connectivity index (χ2v) is 8.98. The van der Waals surface area contributed by atoms with Gasteiger partial charge in [0.05, 0.1) is 27.9 Å². The van der Waals surface area contributed by atoms with Gasteiger partial charge >= 0.3 is 12.1 Å². The van der Waals surface area contributed by atoms with Gasteiger partial charge in [-0.2, -0.15) is 18.3 Å². The Hall–Kier alpha value is -4.89. The molecule has 200 valence electrons. The molecule has 1 aromatic heterocycles. The first-order valence-electron chi connectivity index (χ1n) is 11.9. The van der Waals surface area contributed by atoms with Crippen LogP contribution >= 0.6 is 11.6 Å². The van der Waals surface area contributed by atoms with Crippen molar-refractivity contribution in [1.82, 2.24) is 10.4 Å². The van der Waals surface area contributed by atoms with Crippen LogP contribution in [-0.2, 0) is 6.18 Å². The molecule has 2 N–H and O–H groups in total. The lowest BCUT2D eigenvalue weighted by Gasteiger charge is -2.08. The molecule has 0 aliphatic heterocycles. The molecular weight excluding hydrogens is 543 g/mol. The molecule has 5 rings (SSSR count). The number of H-pyrrole nitrogens is 1. The minimum Gasteiger partial charge on any atom is -0.422 e. The predicted molar refractivity (Wildman–Crippen MR) is 147 cm³/mol. The molecule has 0 saturated heterocycles. The summed E-state index contributed by atoms with van der Waals surface area (Å²) >= 11 is 6.08. The average molecular weight is 562 g/mol. The van der Waals surface area contributed by atoms with E-state index in [4.69, 9.17) is 16.3 Å². The summed E-state index contributed by atoms with van der Waals surface area (Å²) in [6.45, 7) is 0. The van der Waals surface area contributed by atoms with Crippen LogP contribution in [0, 0.1) is 0 Å². The summed E-state index contributed by atoms with van der Waals surface area (Å²) in [5.74, 6) is -1.28. The molecule has 4 aromatic carbocycles. The number of para-hydroxylation sites is 2. The quantitative estimate of drug-likeness (QED) is 0.0975. The number of carbonyl (C=O) groups is 2. The molecule has 0 unspecified atom stereocenters. The fourth-order valence-corrected chi connectivity index (χ4v) is 4.42. The Morgan fingerprint density at radius 1 is 0.875 bits per heavy atom. The van der Waals surface area contributed by atoms with Gasteiger partial charge in [0, 0.05) is 16.5 Å². The number of benzene rings is 4. The van der Waals surface area contributed by atoms with Crippen LogP contribution in [0.1, 0.15) is 32.0 Å². The van der Waals surface area contributed by atoms with Gasteiger partial charge in [-0.25, -0.2) is 10.2 Å². The number of carbonyl (C=O) groups excluding carboxylic acids is 2. The highest BCUT2D eigenvalue weighted by Crippen LogP contribution is 2.39. The monoisotopic (exact) mass is 561 g/mol. The largest absolute Gasteiger partial charge is 0.422 e. The second-order valence-electron chi connectivity index (χ2n) is 8.57. The predicted octanol–water partition coefficient (Wildman–Crippen LogP) is 7.49. The molecule has 0 saturated carbocycles. The minimum atomic E-state index is -4.63. The van der Waals surface area contributed by atoms with E-state index in [9.17, 15) is 22.8 Å². The van der Waals surface area contributed by atoms with Gasteiger partial charge in [0.1, 0.15) is 11.4 Å². The lowest BCUT2D eigenvalue weighted by molar-refractivity contribution is -0.136. The third kappa shape index (κ3) is 5.45. The minimum absolute atomic E-state index is 0.0894. The topological polar surface area (TPSA) is 83.5 Å². The number of nitrogens with one attached hydrogen (secondary N) is 2. The third-order valence-electron chi connectivity index (χ3n) is 6.01. The molecule has 5 aromatic rings. The lowest BCUT2D eigenvalue weighted by atomic mass is 10.0. The summed E-state index contributed by atoms with van der Waals surface area (Å²) in [7, 11) is 0. The number of halogens is 4. The molecule has 10 heteroatoms. The van der Waals surface area contributed by atoms with Crippen LogP contribution < -0.4 is 10.2 Å². The van der Waals surface area contributed by atoms with Crippen molar-refractivity contribution in [2.24, 2.45) is 5.10 Å². The molecule has 0 atom stereocenters. The lowest BCUT2D eigenvalue weighted by Crippen LogP contribution is -2.19. The third-order valence-corrected chi connectivity index (χ3v) is 6.34. The van der Waals surface area contributed by atoms with Crippen LogP contribution in [0.4, 0.5) is 13.2 Å². The number of amides is 1. The summed E-state index contributed by atoms with van der Waals surface area (Å²) in [4.78, 5) is 28.5. The number of aromatic amines is 1. The maximum absolute atomic E-state index is 13.7. The molecule has 1 heterocycles. The maximum atomic E-state index is 13.7. The van der Waals surface area contributed by atoms with E-state index < -0.39 is 23.6 Å². The molecule has 0 aliphatic rings. The number of hydrogen-bond acceptors (Lipinski definition) is 4. The normalized spacial score (nSPS) is 11.6. The smallest absolute Gasteiger partial charge is 0.418 e. The van der Waals surface area contributed by atoms with Gasteiger partial charge in [-0.1, -0.05) is 78.3 Å². The maximum Gasteiger partial charge on any atom is 0.418 e. The van der Waals surface area contributed by atoms with E-state index in [1.165, 1.54) is 24.4 Å². The molecule has 0 spiro atoms. The molecule has 40 heavy (non-hydrogen) atoms. The Labute approximate surface area is 231 Å². The summed E-state index contributed by atoms with van der Waals surface area (Å²) < 4.78 is 46.6. The van der Waals surface area contributed by atoms with Crippen molar-refractivity contribution >= 4 is 40.6 Å². The van der Waals surface area contributed by atoms with Crippen molar-refractivity contribution < 1.29 is 27.5 Å². The molecular formula is C30H19ClF3N3O3. The highest BCUT2D eigenvalue weighted by Gasteiger charge is 2.34. The van der Waals surface area contributed by atoms with Gasteiger partial charge in [0.15, 0.2) is 0 Å². The average Bonchev–Trinajstić information content (AvgIpc) is 3.34. The second kappa shape index (κ2) is 11.1.